The number of nitrogens with zero attached hydrogens (tertiary/aromatic N) is 1. The zero-order valence-electron chi connectivity index (χ0n) is 13.0. The predicted molar refractivity (Wildman–Crippen MR) is 97.9 cm³/mol. The first-order valence-electron chi connectivity index (χ1n) is 7.33. The lowest BCUT2D eigenvalue weighted by Crippen LogP contribution is -2.20. The van der Waals surface area contributed by atoms with Crippen LogP contribution in [0, 0.1) is 6.92 Å². The first-order chi connectivity index (χ1) is 11.6. The van der Waals surface area contributed by atoms with E-state index >= 15 is 0 Å². The zero-order chi connectivity index (χ0) is 16.9. The molecule has 0 unspecified atom stereocenters. The standard InChI is InChI=1S/C18H15ClN2O2S/c1-12-17(13-6-3-2-4-7-13)21-18(24-12)20-16(22)11-23-15-9-5-8-14(19)10-15/h2-10H,11H2,1H3,(H,20,21,22). The van der Waals surface area contributed by atoms with Gasteiger partial charge in [-0.2, -0.15) is 0 Å². The Hall–Kier alpha value is -2.37. The molecule has 0 bridgehead atoms. The molecule has 122 valence electrons. The largest absolute Gasteiger partial charge is 0.484 e. The summed E-state index contributed by atoms with van der Waals surface area (Å²) in [5.74, 6) is 0.293. The fourth-order valence-electron chi connectivity index (χ4n) is 2.17. The van der Waals surface area contributed by atoms with Gasteiger partial charge >= 0.3 is 0 Å². The molecule has 6 heteroatoms. The average Bonchev–Trinajstić information content (AvgIpc) is 2.94. The lowest BCUT2D eigenvalue weighted by atomic mass is 10.1. The highest BCUT2D eigenvalue weighted by molar-refractivity contribution is 7.16. The normalized spacial score (nSPS) is 10.4. The van der Waals surface area contributed by atoms with Crippen molar-refractivity contribution in [2.24, 2.45) is 0 Å². The van der Waals surface area contributed by atoms with Crippen molar-refractivity contribution in [3.63, 3.8) is 0 Å². The van der Waals surface area contributed by atoms with Gasteiger partial charge in [0, 0.05) is 15.5 Å². The summed E-state index contributed by atoms with van der Waals surface area (Å²) in [7, 11) is 0. The summed E-state index contributed by atoms with van der Waals surface area (Å²) in [6, 6.07) is 16.8. The minimum atomic E-state index is -0.261. The molecular formula is C18H15ClN2O2S. The van der Waals surface area contributed by atoms with E-state index in [0.29, 0.717) is 15.9 Å². The van der Waals surface area contributed by atoms with Crippen LogP contribution in [0.1, 0.15) is 4.88 Å². The molecule has 0 radical (unpaired) electrons. The van der Waals surface area contributed by atoms with E-state index in [9.17, 15) is 4.79 Å². The van der Waals surface area contributed by atoms with Gasteiger partial charge in [0.2, 0.25) is 0 Å². The van der Waals surface area contributed by atoms with Gasteiger partial charge in [0.15, 0.2) is 11.7 Å². The van der Waals surface area contributed by atoms with Crippen LogP contribution in [0.4, 0.5) is 5.13 Å². The van der Waals surface area contributed by atoms with Crippen LogP contribution >= 0.6 is 22.9 Å². The molecule has 4 nitrogen and oxygen atoms in total. The van der Waals surface area contributed by atoms with Gasteiger partial charge in [0.05, 0.1) is 5.69 Å². The zero-order valence-corrected chi connectivity index (χ0v) is 14.5. The summed E-state index contributed by atoms with van der Waals surface area (Å²) in [5, 5.41) is 3.90. The second-order valence-corrected chi connectivity index (χ2v) is 6.72. The van der Waals surface area contributed by atoms with Crippen molar-refractivity contribution in [1.29, 1.82) is 0 Å². The summed E-state index contributed by atoms with van der Waals surface area (Å²) in [5.41, 5.74) is 1.91. The fraction of sp³-hybridized carbons (Fsp3) is 0.111. The van der Waals surface area contributed by atoms with E-state index in [-0.39, 0.29) is 12.5 Å². The minimum Gasteiger partial charge on any atom is -0.484 e. The second-order valence-electron chi connectivity index (χ2n) is 5.08. The van der Waals surface area contributed by atoms with Gasteiger partial charge in [-0.05, 0) is 25.1 Å². The number of carbonyl (C=O) groups is 1. The maximum atomic E-state index is 12.0. The highest BCUT2D eigenvalue weighted by Gasteiger charge is 2.12. The van der Waals surface area contributed by atoms with Crippen LogP contribution in [0.15, 0.2) is 54.6 Å². The Balaban J connectivity index is 1.63. The summed E-state index contributed by atoms with van der Waals surface area (Å²) in [6.45, 7) is 1.89. The number of aryl methyl sites for hydroxylation is 1. The molecule has 1 aromatic heterocycles. The Morgan fingerprint density at radius 3 is 2.75 bits per heavy atom. The fourth-order valence-corrected chi connectivity index (χ4v) is 3.21. The van der Waals surface area contributed by atoms with Gasteiger partial charge in [-0.25, -0.2) is 4.98 Å². The van der Waals surface area contributed by atoms with Crippen molar-refractivity contribution in [3.8, 4) is 17.0 Å². The van der Waals surface area contributed by atoms with E-state index in [2.05, 4.69) is 10.3 Å². The number of carbonyl (C=O) groups excluding carboxylic acids is 1. The third kappa shape index (κ3) is 4.13. The molecule has 0 aliphatic heterocycles. The van der Waals surface area contributed by atoms with E-state index in [1.165, 1.54) is 11.3 Å². The van der Waals surface area contributed by atoms with Crippen molar-refractivity contribution >= 4 is 34.0 Å². The van der Waals surface area contributed by atoms with Crippen molar-refractivity contribution in [1.82, 2.24) is 4.98 Å². The molecule has 0 aliphatic rings. The summed E-state index contributed by atoms with van der Waals surface area (Å²) in [6.07, 6.45) is 0. The molecule has 24 heavy (non-hydrogen) atoms. The van der Waals surface area contributed by atoms with E-state index in [4.69, 9.17) is 16.3 Å². The van der Waals surface area contributed by atoms with Gasteiger partial charge in [-0.1, -0.05) is 48.0 Å². The number of nitrogens with one attached hydrogen (secondary N) is 1. The van der Waals surface area contributed by atoms with Gasteiger partial charge < -0.3 is 4.74 Å². The van der Waals surface area contributed by atoms with E-state index < -0.39 is 0 Å². The lowest BCUT2D eigenvalue weighted by molar-refractivity contribution is -0.118. The molecular weight excluding hydrogens is 344 g/mol. The van der Waals surface area contributed by atoms with E-state index in [0.717, 1.165) is 16.1 Å². The Morgan fingerprint density at radius 1 is 1.21 bits per heavy atom. The number of hydrogen-bond acceptors (Lipinski definition) is 4. The van der Waals surface area contributed by atoms with Crippen molar-refractivity contribution < 1.29 is 9.53 Å². The minimum absolute atomic E-state index is 0.0976. The Morgan fingerprint density at radius 2 is 2.00 bits per heavy atom. The molecule has 0 spiro atoms. The Bertz CT molecular complexity index is 849. The molecule has 2 aromatic carbocycles. The lowest BCUT2D eigenvalue weighted by Gasteiger charge is -2.05. The molecule has 3 aromatic rings. The molecule has 1 N–H and O–H groups in total. The number of aromatic nitrogens is 1. The maximum Gasteiger partial charge on any atom is 0.264 e. The third-order valence-electron chi connectivity index (χ3n) is 3.26. The van der Waals surface area contributed by atoms with Crippen molar-refractivity contribution in [2.75, 3.05) is 11.9 Å². The van der Waals surface area contributed by atoms with Crippen molar-refractivity contribution in [3.05, 3.63) is 64.5 Å². The molecule has 3 rings (SSSR count). The summed E-state index contributed by atoms with van der Waals surface area (Å²) in [4.78, 5) is 17.6. The number of hydrogen-bond donors (Lipinski definition) is 1. The Kier molecular flexibility index (Phi) is 5.13. The number of halogens is 1. The highest BCUT2D eigenvalue weighted by atomic mass is 35.5. The number of anilines is 1. The predicted octanol–water partition coefficient (Wildman–Crippen LogP) is 4.79. The molecule has 0 atom stereocenters. The van der Waals surface area contributed by atoms with Gasteiger partial charge in [-0.3, -0.25) is 10.1 Å². The SMILES string of the molecule is Cc1sc(NC(=O)COc2cccc(Cl)c2)nc1-c1ccccc1. The van der Waals surface area contributed by atoms with E-state index in [1.807, 2.05) is 37.3 Å². The molecule has 0 aliphatic carbocycles. The van der Waals surface area contributed by atoms with Crippen LogP contribution in [0.25, 0.3) is 11.3 Å². The number of benzene rings is 2. The number of thiazole rings is 1. The average molecular weight is 359 g/mol. The first kappa shape index (κ1) is 16.5. The molecule has 1 amide bonds. The van der Waals surface area contributed by atoms with Crippen LogP contribution in [-0.4, -0.2) is 17.5 Å². The monoisotopic (exact) mass is 358 g/mol. The third-order valence-corrected chi connectivity index (χ3v) is 4.38. The topological polar surface area (TPSA) is 51.2 Å². The van der Waals surface area contributed by atoms with Crippen LogP contribution < -0.4 is 10.1 Å². The van der Waals surface area contributed by atoms with Gasteiger partial charge in [0.1, 0.15) is 5.75 Å². The maximum absolute atomic E-state index is 12.0. The number of rotatable bonds is 5. The highest BCUT2D eigenvalue weighted by Crippen LogP contribution is 2.30. The Labute approximate surface area is 149 Å². The quantitative estimate of drug-likeness (QED) is 0.713. The summed E-state index contributed by atoms with van der Waals surface area (Å²) >= 11 is 7.32. The summed E-state index contributed by atoms with van der Waals surface area (Å²) < 4.78 is 5.42. The number of ether oxygens (including phenoxy) is 1. The van der Waals surface area contributed by atoms with Crippen LogP contribution in [-0.2, 0) is 4.79 Å². The smallest absolute Gasteiger partial charge is 0.264 e. The first-order valence-corrected chi connectivity index (χ1v) is 8.52. The second kappa shape index (κ2) is 7.47. The van der Waals surface area contributed by atoms with Gasteiger partial charge in [0.25, 0.3) is 5.91 Å². The van der Waals surface area contributed by atoms with Crippen molar-refractivity contribution in [2.45, 2.75) is 6.92 Å². The number of amides is 1. The molecule has 1 heterocycles. The van der Waals surface area contributed by atoms with Crippen LogP contribution in [0.2, 0.25) is 5.02 Å². The van der Waals surface area contributed by atoms with Crippen LogP contribution in [0.3, 0.4) is 0 Å². The molecule has 0 saturated carbocycles. The van der Waals surface area contributed by atoms with E-state index in [1.54, 1.807) is 24.3 Å². The molecule has 0 fully saturated rings. The molecule has 0 saturated heterocycles. The van der Waals surface area contributed by atoms with Crippen LogP contribution in [0.5, 0.6) is 5.75 Å². The van der Waals surface area contributed by atoms with Gasteiger partial charge in [-0.15, -0.1) is 11.3 Å².